The van der Waals surface area contributed by atoms with Gasteiger partial charge in [0.2, 0.25) is 0 Å². The lowest BCUT2D eigenvalue weighted by molar-refractivity contribution is -0.219. The molecule has 9 heavy (non-hydrogen) atoms. The number of rotatable bonds is 2. The van der Waals surface area contributed by atoms with Crippen LogP contribution in [0, 0.1) is 0 Å². The Morgan fingerprint density at radius 2 is 1.22 bits per heavy atom. The predicted octanol–water partition coefficient (Wildman–Crippen LogP) is 0.347. The van der Waals surface area contributed by atoms with Crippen molar-refractivity contribution in [3.05, 3.63) is 0 Å². The average molecular weight is 179 g/mol. The molecule has 0 aliphatic rings. The molecule has 60 valence electrons. The van der Waals surface area contributed by atoms with Crippen LogP contribution in [0.5, 0.6) is 0 Å². The molecule has 0 amide bonds. The summed E-state index contributed by atoms with van der Waals surface area (Å²) in [5.41, 5.74) is 0. The van der Waals surface area contributed by atoms with E-state index < -0.39 is 5.79 Å². The molecule has 4 N–H and O–H groups in total. The molecule has 0 radical (unpaired) electrons. The lowest BCUT2D eigenvalue weighted by Gasteiger charge is -2.17. The van der Waals surface area contributed by atoms with E-state index >= 15 is 0 Å². The molecule has 0 aromatic heterocycles. The molecule has 0 aromatic carbocycles. The van der Waals surface area contributed by atoms with Gasteiger partial charge in [-0.3, -0.25) is 9.68 Å². The van der Waals surface area contributed by atoms with Crippen molar-refractivity contribution in [1.82, 2.24) is 0 Å². The van der Waals surface area contributed by atoms with E-state index in [2.05, 4.69) is 9.68 Å². The Hall–Kier alpha value is 0.420. The van der Waals surface area contributed by atoms with Crippen LogP contribution in [-0.2, 0) is 9.68 Å². The van der Waals surface area contributed by atoms with Gasteiger partial charge in [0, 0.05) is 0 Å². The first-order valence-corrected chi connectivity index (χ1v) is 1.88. The van der Waals surface area contributed by atoms with Crippen LogP contribution in [0.1, 0.15) is 13.8 Å². The smallest absolute Gasteiger partial charge is 0.200 e. The van der Waals surface area contributed by atoms with Crippen LogP contribution in [-0.4, -0.2) is 5.79 Å². The summed E-state index contributed by atoms with van der Waals surface area (Å²) in [6, 6.07) is 0. The van der Waals surface area contributed by atoms with Gasteiger partial charge in [-0.2, -0.15) is 0 Å². The average Bonchev–Trinajstić information content (AvgIpc) is 1.68. The molecule has 0 atom stereocenters. The summed E-state index contributed by atoms with van der Waals surface area (Å²) in [5, 5.41) is 0. The maximum Gasteiger partial charge on any atom is 0.200 e. The van der Waals surface area contributed by atoms with Gasteiger partial charge in [-0.05, 0) is 13.8 Å². The summed E-state index contributed by atoms with van der Waals surface area (Å²) >= 11 is 0. The molecule has 0 aromatic rings. The minimum atomic E-state index is -0.861. The Labute approximate surface area is 66.6 Å². The number of nitrogens with two attached hydrogens (primary N) is 2. The molecule has 0 unspecified atom stereocenters. The van der Waals surface area contributed by atoms with E-state index in [1.807, 2.05) is 0 Å². The largest absolute Gasteiger partial charge is 0.268 e. The SMILES string of the molecule is CC(C)(ON)ON.Cl.Cl. The highest BCUT2D eigenvalue weighted by Gasteiger charge is 2.14. The van der Waals surface area contributed by atoms with Crippen molar-refractivity contribution in [2.45, 2.75) is 19.6 Å². The Bertz CT molecular complexity index is 55.8. The van der Waals surface area contributed by atoms with Gasteiger partial charge in [0.25, 0.3) is 0 Å². The first-order valence-electron chi connectivity index (χ1n) is 1.88. The van der Waals surface area contributed by atoms with Gasteiger partial charge in [-0.15, -0.1) is 24.8 Å². The van der Waals surface area contributed by atoms with Crippen molar-refractivity contribution >= 4 is 24.8 Å². The highest BCUT2D eigenvalue weighted by Crippen LogP contribution is 2.01. The molecule has 0 spiro atoms. The molecule has 0 aliphatic heterocycles. The first-order chi connectivity index (χ1) is 3.12. The zero-order chi connectivity index (χ0) is 5.91. The summed E-state index contributed by atoms with van der Waals surface area (Å²) < 4.78 is 0. The van der Waals surface area contributed by atoms with Gasteiger partial charge in [-0.1, -0.05) is 0 Å². The highest BCUT2D eigenvalue weighted by molar-refractivity contribution is 5.85. The fourth-order valence-electron chi connectivity index (χ4n) is 0.0278. The minimum Gasteiger partial charge on any atom is -0.268 e. The van der Waals surface area contributed by atoms with E-state index in [4.69, 9.17) is 11.8 Å². The summed E-state index contributed by atoms with van der Waals surface area (Å²) in [6.07, 6.45) is 0. The van der Waals surface area contributed by atoms with Gasteiger partial charge in [0.15, 0.2) is 5.79 Å². The zero-order valence-corrected chi connectivity index (χ0v) is 6.92. The van der Waals surface area contributed by atoms with E-state index in [0.717, 1.165) is 0 Å². The summed E-state index contributed by atoms with van der Waals surface area (Å²) in [6.45, 7) is 3.21. The fourth-order valence-corrected chi connectivity index (χ4v) is 0.0278. The molecular formula is C3H12Cl2N2O2. The molecule has 4 nitrogen and oxygen atoms in total. The second-order valence-electron chi connectivity index (χ2n) is 1.64. The number of halogens is 2. The Balaban J connectivity index is -0.000000180. The van der Waals surface area contributed by atoms with Crippen LogP contribution in [0.25, 0.3) is 0 Å². The first kappa shape index (κ1) is 16.2. The van der Waals surface area contributed by atoms with Gasteiger partial charge < -0.3 is 0 Å². The lowest BCUT2D eigenvalue weighted by Crippen LogP contribution is -2.34. The highest BCUT2D eigenvalue weighted by atomic mass is 35.5. The van der Waals surface area contributed by atoms with Gasteiger partial charge in [0.05, 0.1) is 0 Å². The third-order valence-corrected chi connectivity index (χ3v) is 0.568. The monoisotopic (exact) mass is 178 g/mol. The quantitative estimate of drug-likeness (QED) is 0.473. The molecule has 0 aliphatic carbocycles. The van der Waals surface area contributed by atoms with Gasteiger partial charge in [0.1, 0.15) is 0 Å². The Kier molecular flexibility index (Phi) is 11.8. The summed E-state index contributed by atoms with van der Waals surface area (Å²) in [4.78, 5) is 8.48. The molecule has 0 saturated carbocycles. The molecule has 6 heteroatoms. The van der Waals surface area contributed by atoms with E-state index in [-0.39, 0.29) is 24.8 Å². The standard InChI is InChI=1S/C3H10N2O2.2ClH/c1-3(2,6-4)7-5;;/h4-5H2,1-2H3;2*1H. The second kappa shape index (κ2) is 6.54. The molecule has 0 heterocycles. The molecular weight excluding hydrogens is 167 g/mol. The Morgan fingerprint density at radius 1 is 1.00 bits per heavy atom. The van der Waals surface area contributed by atoms with Gasteiger partial charge >= 0.3 is 0 Å². The zero-order valence-electron chi connectivity index (χ0n) is 5.29. The maximum atomic E-state index is 4.71. The Morgan fingerprint density at radius 3 is 1.22 bits per heavy atom. The molecule has 0 saturated heterocycles. The van der Waals surface area contributed by atoms with Crippen molar-refractivity contribution in [2.75, 3.05) is 0 Å². The number of hydrogen-bond donors (Lipinski definition) is 2. The van der Waals surface area contributed by atoms with Crippen LogP contribution >= 0.6 is 24.8 Å². The van der Waals surface area contributed by atoms with Crippen molar-refractivity contribution in [3.63, 3.8) is 0 Å². The molecule has 0 fully saturated rings. The maximum absolute atomic E-state index is 4.71. The molecule has 0 bridgehead atoms. The fraction of sp³-hybridized carbons (Fsp3) is 1.00. The van der Waals surface area contributed by atoms with E-state index in [9.17, 15) is 0 Å². The van der Waals surface area contributed by atoms with E-state index in [0.29, 0.717) is 0 Å². The van der Waals surface area contributed by atoms with Crippen molar-refractivity contribution in [1.29, 1.82) is 0 Å². The van der Waals surface area contributed by atoms with Crippen molar-refractivity contribution in [2.24, 2.45) is 11.8 Å². The molecule has 0 rings (SSSR count). The summed E-state index contributed by atoms with van der Waals surface area (Å²) in [5.74, 6) is 8.56. The normalized spacial score (nSPS) is 9.33. The van der Waals surface area contributed by atoms with Crippen LogP contribution in [0.2, 0.25) is 0 Å². The van der Waals surface area contributed by atoms with Crippen LogP contribution in [0.15, 0.2) is 0 Å². The van der Waals surface area contributed by atoms with Gasteiger partial charge in [-0.25, -0.2) is 11.8 Å². The van der Waals surface area contributed by atoms with E-state index in [1.165, 1.54) is 0 Å². The summed E-state index contributed by atoms with van der Waals surface area (Å²) in [7, 11) is 0. The number of hydrogen-bond acceptors (Lipinski definition) is 4. The van der Waals surface area contributed by atoms with Crippen LogP contribution < -0.4 is 11.8 Å². The topological polar surface area (TPSA) is 70.5 Å². The minimum absolute atomic E-state index is 0. The van der Waals surface area contributed by atoms with E-state index in [1.54, 1.807) is 13.8 Å². The predicted molar refractivity (Wildman–Crippen MR) is 39.1 cm³/mol. The van der Waals surface area contributed by atoms with Crippen LogP contribution in [0.4, 0.5) is 0 Å². The van der Waals surface area contributed by atoms with Crippen molar-refractivity contribution < 1.29 is 9.68 Å². The third kappa shape index (κ3) is 8.42. The van der Waals surface area contributed by atoms with Crippen LogP contribution in [0.3, 0.4) is 0 Å². The second-order valence-corrected chi connectivity index (χ2v) is 1.64. The van der Waals surface area contributed by atoms with Crippen molar-refractivity contribution in [3.8, 4) is 0 Å². The third-order valence-electron chi connectivity index (χ3n) is 0.568. The lowest BCUT2D eigenvalue weighted by atomic mass is 10.4.